The normalized spacial score (nSPS) is 11.2. The van der Waals surface area contributed by atoms with Crippen LogP contribution in [0.1, 0.15) is 17.5 Å². The van der Waals surface area contributed by atoms with Crippen molar-refractivity contribution in [3.63, 3.8) is 0 Å². The average Bonchev–Trinajstić information content (AvgIpc) is 3.25. The lowest BCUT2D eigenvalue weighted by Crippen LogP contribution is -2.20. The fourth-order valence-corrected chi connectivity index (χ4v) is 4.31. The highest BCUT2D eigenvalue weighted by Crippen LogP contribution is 2.24. The van der Waals surface area contributed by atoms with E-state index >= 15 is 0 Å². The Balaban J connectivity index is 1.66. The molecule has 0 aliphatic rings. The molecule has 0 N–H and O–H groups in total. The lowest BCUT2D eigenvalue weighted by molar-refractivity contribution is 0.735. The Morgan fingerprint density at radius 2 is 2.04 bits per heavy atom. The molecule has 120 valence electrons. The molecule has 1 aromatic carbocycles. The van der Waals surface area contributed by atoms with Gasteiger partial charge in [0.05, 0.1) is 24.0 Å². The zero-order valence-corrected chi connectivity index (χ0v) is 14.7. The number of hydrogen-bond donors (Lipinski definition) is 0. The molecule has 4 rings (SSSR count). The first-order chi connectivity index (χ1) is 11.7. The van der Waals surface area contributed by atoms with E-state index in [1.807, 2.05) is 41.8 Å². The minimum atomic E-state index is 0.00483. The molecule has 0 saturated heterocycles. The lowest BCUT2D eigenvalue weighted by Gasteiger charge is -2.02. The Morgan fingerprint density at radius 3 is 2.83 bits per heavy atom. The second-order valence-corrected chi connectivity index (χ2v) is 7.45. The predicted molar refractivity (Wildman–Crippen MR) is 99.9 cm³/mol. The average molecular weight is 353 g/mol. The Bertz CT molecular complexity index is 1050. The van der Waals surface area contributed by atoms with Crippen LogP contribution in [0.25, 0.3) is 20.8 Å². The molecule has 24 heavy (non-hydrogen) atoms. The topological polar surface area (TPSA) is 47.8 Å². The van der Waals surface area contributed by atoms with Gasteiger partial charge in [-0.2, -0.15) is 0 Å². The molecular formula is C18H15N3OS2. The first-order valence-corrected chi connectivity index (χ1v) is 9.42. The maximum absolute atomic E-state index is 12.6. The number of fused-ring (bicyclic) bond motifs is 1. The molecule has 3 heterocycles. The molecule has 0 aliphatic carbocycles. The van der Waals surface area contributed by atoms with Crippen molar-refractivity contribution < 1.29 is 0 Å². The number of rotatable bonds is 4. The molecule has 3 aromatic heterocycles. The van der Waals surface area contributed by atoms with Crippen molar-refractivity contribution in [2.24, 2.45) is 0 Å². The molecule has 6 heteroatoms. The Labute approximate surface area is 147 Å². The van der Waals surface area contributed by atoms with Gasteiger partial charge in [0, 0.05) is 15.8 Å². The van der Waals surface area contributed by atoms with E-state index in [-0.39, 0.29) is 5.56 Å². The maximum atomic E-state index is 12.6. The number of thiophene rings is 1. The Hall–Kier alpha value is -2.31. The van der Waals surface area contributed by atoms with E-state index in [2.05, 4.69) is 16.9 Å². The number of aromatic nitrogens is 3. The first-order valence-electron chi connectivity index (χ1n) is 7.72. The van der Waals surface area contributed by atoms with Crippen molar-refractivity contribution in [2.75, 3.05) is 0 Å². The van der Waals surface area contributed by atoms with Crippen LogP contribution in [0.2, 0.25) is 0 Å². The second kappa shape index (κ2) is 6.30. The van der Waals surface area contributed by atoms with E-state index in [1.165, 1.54) is 4.88 Å². The smallest absolute Gasteiger partial charge is 0.262 e. The van der Waals surface area contributed by atoms with Crippen molar-refractivity contribution in [2.45, 2.75) is 19.9 Å². The molecule has 4 nitrogen and oxygen atoms in total. The van der Waals surface area contributed by atoms with Gasteiger partial charge in [-0.15, -0.1) is 22.7 Å². The predicted octanol–water partition coefficient (Wildman–Crippen LogP) is 4.19. The van der Waals surface area contributed by atoms with Crippen molar-refractivity contribution in [3.8, 4) is 10.6 Å². The molecule has 0 saturated carbocycles. The number of nitrogens with zero attached hydrogens (tertiary/aromatic N) is 3. The molecule has 0 unspecified atom stereocenters. The van der Waals surface area contributed by atoms with Crippen LogP contribution in [-0.4, -0.2) is 14.5 Å². The summed E-state index contributed by atoms with van der Waals surface area (Å²) in [6.07, 6.45) is 2.55. The van der Waals surface area contributed by atoms with Gasteiger partial charge < -0.3 is 0 Å². The summed E-state index contributed by atoms with van der Waals surface area (Å²) in [5, 5.41) is 3.68. The second-order valence-electron chi connectivity index (χ2n) is 5.47. The summed E-state index contributed by atoms with van der Waals surface area (Å²) in [4.78, 5) is 23.7. The van der Waals surface area contributed by atoms with E-state index in [9.17, 15) is 4.79 Å². The van der Waals surface area contributed by atoms with Crippen LogP contribution < -0.4 is 5.56 Å². The molecule has 0 radical (unpaired) electrons. The SMILES string of the molecule is CCc1cc2c(=O)n(Cc3csc(-c4ccccc4)n3)cnc2s1. The highest BCUT2D eigenvalue weighted by molar-refractivity contribution is 7.18. The molecule has 0 bridgehead atoms. The first kappa shape index (κ1) is 15.2. The largest absolute Gasteiger partial charge is 0.293 e. The van der Waals surface area contributed by atoms with Crippen molar-refractivity contribution in [1.29, 1.82) is 0 Å². The van der Waals surface area contributed by atoms with Crippen LogP contribution in [0, 0.1) is 0 Å². The van der Waals surface area contributed by atoms with E-state index in [4.69, 9.17) is 0 Å². The van der Waals surface area contributed by atoms with Crippen LogP contribution in [0.3, 0.4) is 0 Å². The summed E-state index contributed by atoms with van der Waals surface area (Å²) in [6.45, 7) is 2.53. The van der Waals surface area contributed by atoms with Crippen LogP contribution in [0.15, 0.2) is 52.9 Å². The summed E-state index contributed by atoms with van der Waals surface area (Å²) < 4.78 is 1.64. The van der Waals surface area contributed by atoms with E-state index in [1.54, 1.807) is 33.6 Å². The molecule has 0 spiro atoms. The van der Waals surface area contributed by atoms with Gasteiger partial charge in [0.15, 0.2) is 0 Å². The third-order valence-electron chi connectivity index (χ3n) is 3.82. The molecule has 4 aromatic rings. The van der Waals surface area contributed by atoms with Gasteiger partial charge in [-0.1, -0.05) is 37.3 Å². The summed E-state index contributed by atoms with van der Waals surface area (Å²) >= 11 is 3.18. The monoisotopic (exact) mass is 353 g/mol. The van der Waals surface area contributed by atoms with Crippen LogP contribution in [0.5, 0.6) is 0 Å². The van der Waals surface area contributed by atoms with Gasteiger partial charge in [-0.3, -0.25) is 9.36 Å². The van der Waals surface area contributed by atoms with E-state index in [0.29, 0.717) is 11.9 Å². The molecule has 0 amide bonds. The Morgan fingerprint density at radius 1 is 1.21 bits per heavy atom. The zero-order valence-electron chi connectivity index (χ0n) is 13.1. The molecular weight excluding hydrogens is 338 g/mol. The molecule has 0 aliphatic heterocycles. The zero-order chi connectivity index (χ0) is 16.5. The highest BCUT2D eigenvalue weighted by atomic mass is 32.1. The van der Waals surface area contributed by atoms with Gasteiger partial charge in [0.1, 0.15) is 9.84 Å². The lowest BCUT2D eigenvalue weighted by atomic mass is 10.2. The summed E-state index contributed by atoms with van der Waals surface area (Å²) in [7, 11) is 0. The maximum Gasteiger partial charge on any atom is 0.262 e. The third kappa shape index (κ3) is 2.79. The Kier molecular flexibility index (Phi) is 4.00. The number of thiazole rings is 1. The summed E-state index contributed by atoms with van der Waals surface area (Å²) in [5.41, 5.74) is 1.98. The number of benzene rings is 1. The van der Waals surface area contributed by atoms with E-state index < -0.39 is 0 Å². The van der Waals surface area contributed by atoms with Crippen molar-refractivity contribution in [3.05, 3.63) is 69.0 Å². The van der Waals surface area contributed by atoms with Gasteiger partial charge in [0.25, 0.3) is 5.56 Å². The minimum absolute atomic E-state index is 0.00483. The minimum Gasteiger partial charge on any atom is -0.293 e. The standard InChI is InChI=1S/C18H15N3OS2/c1-2-14-8-15-17(24-14)19-11-21(18(15)22)9-13-10-23-16(20-13)12-6-4-3-5-7-12/h3-8,10-11H,2,9H2,1H3. The van der Waals surface area contributed by atoms with Gasteiger partial charge in [-0.05, 0) is 12.5 Å². The van der Waals surface area contributed by atoms with E-state index in [0.717, 1.165) is 27.5 Å². The summed E-state index contributed by atoms with van der Waals surface area (Å²) in [5.74, 6) is 0. The fraction of sp³-hybridized carbons (Fsp3) is 0.167. The molecule has 0 atom stereocenters. The highest BCUT2D eigenvalue weighted by Gasteiger charge is 2.10. The molecule has 0 fully saturated rings. The van der Waals surface area contributed by atoms with Gasteiger partial charge >= 0.3 is 0 Å². The van der Waals surface area contributed by atoms with Crippen LogP contribution >= 0.6 is 22.7 Å². The van der Waals surface area contributed by atoms with Crippen molar-refractivity contribution >= 4 is 32.9 Å². The van der Waals surface area contributed by atoms with Crippen LogP contribution in [-0.2, 0) is 13.0 Å². The fourth-order valence-electron chi connectivity index (χ4n) is 2.56. The third-order valence-corrected chi connectivity index (χ3v) is 5.95. The number of aryl methyl sites for hydroxylation is 1. The quantitative estimate of drug-likeness (QED) is 0.553. The van der Waals surface area contributed by atoms with Crippen molar-refractivity contribution in [1.82, 2.24) is 14.5 Å². The van der Waals surface area contributed by atoms with Crippen LogP contribution in [0.4, 0.5) is 0 Å². The summed E-state index contributed by atoms with van der Waals surface area (Å²) in [6, 6.07) is 12.0. The van der Waals surface area contributed by atoms with Gasteiger partial charge in [0.2, 0.25) is 0 Å². The van der Waals surface area contributed by atoms with Gasteiger partial charge in [-0.25, -0.2) is 9.97 Å². The number of hydrogen-bond acceptors (Lipinski definition) is 5.